The van der Waals surface area contributed by atoms with Crippen molar-refractivity contribution >= 4 is 50.0 Å². The van der Waals surface area contributed by atoms with E-state index in [4.69, 9.17) is 37.7 Å². The standard InChI is InChI=1S/C29H29Cl2N5O5S/c1-19-16-24(35-11-9-32-18-35)20-4-2-6-25(28(20)33-19)41-17-21-22(30)7-8-26(27(21)31)42(38,39)36-10-3-5-23(36)29(37)34-12-14-40-15-13-34/h2,4,6-9,11,16,18,23H,3,5,10,12-15,17H2,1H3/t23-/m0/s1. The number of pyridine rings is 1. The van der Waals surface area contributed by atoms with Gasteiger partial charge in [0.05, 0.1) is 30.3 Å². The van der Waals surface area contributed by atoms with Gasteiger partial charge in [-0.25, -0.2) is 18.4 Å². The SMILES string of the molecule is Cc1cc(-n2ccnc2)c2cccc(OCc3c(Cl)ccc(S(=O)(=O)N4CCC[C@H]4C(=O)N4CCOCC4)c3Cl)c2n1. The summed E-state index contributed by atoms with van der Waals surface area (Å²) in [4.78, 5) is 23.7. The number of sulfonamides is 1. The van der Waals surface area contributed by atoms with Gasteiger partial charge in [-0.3, -0.25) is 4.79 Å². The molecule has 0 radical (unpaired) electrons. The largest absolute Gasteiger partial charge is 0.487 e. The van der Waals surface area contributed by atoms with Crippen molar-refractivity contribution in [2.24, 2.45) is 0 Å². The highest BCUT2D eigenvalue weighted by Gasteiger charge is 2.42. The molecule has 0 aliphatic carbocycles. The molecule has 1 atom stereocenters. The van der Waals surface area contributed by atoms with Crippen molar-refractivity contribution in [1.29, 1.82) is 0 Å². The number of hydrogen-bond acceptors (Lipinski definition) is 7. The number of para-hydroxylation sites is 1. The number of ether oxygens (including phenoxy) is 2. The van der Waals surface area contributed by atoms with Crippen molar-refractivity contribution in [2.45, 2.75) is 37.3 Å². The Kier molecular flexibility index (Phi) is 8.12. The van der Waals surface area contributed by atoms with Gasteiger partial charge in [0.1, 0.15) is 28.8 Å². The summed E-state index contributed by atoms with van der Waals surface area (Å²) in [5.41, 5.74) is 2.66. The highest BCUT2D eigenvalue weighted by atomic mass is 35.5. The maximum absolute atomic E-state index is 13.9. The van der Waals surface area contributed by atoms with Crippen LogP contribution in [0.3, 0.4) is 0 Å². The van der Waals surface area contributed by atoms with Crippen LogP contribution >= 0.6 is 23.2 Å². The first kappa shape index (κ1) is 28.9. The predicted molar refractivity (Wildman–Crippen MR) is 159 cm³/mol. The van der Waals surface area contributed by atoms with E-state index in [1.165, 1.54) is 16.4 Å². The molecule has 2 aliphatic rings. The lowest BCUT2D eigenvalue weighted by molar-refractivity contribution is -0.138. The normalized spacial score (nSPS) is 18.1. The third-order valence-corrected chi connectivity index (χ3v) is 10.5. The van der Waals surface area contributed by atoms with Crippen molar-refractivity contribution in [3.05, 3.63) is 76.4 Å². The van der Waals surface area contributed by atoms with Crippen LogP contribution in [0.4, 0.5) is 0 Å². The Balaban J connectivity index is 1.29. The number of rotatable bonds is 7. The number of fused-ring (bicyclic) bond motifs is 1. The molecule has 2 aliphatic heterocycles. The van der Waals surface area contributed by atoms with Crippen molar-refractivity contribution in [1.82, 2.24) is 23.7 Å². The number of carbonyl (C=O) groups is 1. The van der Waals surface area contributed by atoms with E-state index in [1.54, 1.807) is 23.5 Å². The van der Waals surface area contributed by atoms with E-state index in [9.17, 15) is 13.2 Å². The quantitative estimate of drug-likeness (QED) is 0.293. The first-order chi connectivity index (χ1) is 20.3. The van der Waals surface area contributed by atoms with E-state index in [2.05, 4.69) is 4.98 Å². The summed E-state index contributed by atoms with van der Waals surface area (Å²) in [6, 6.07) is 9.66. The second kappa shape index (κ2) is 11.8. The fourth-order valence-corrected chi connectivity index (χ4v) is 8.03. The van der Waals surface area contributed by atoms with E-state index < -0.39 is 16.1 Å². The average Bonchev–Trinajstić information content (AvgIpc) is 3.70. The zero-order valence-corrected chi connectivity index (χ0v) is 25.2. The minimum Gasteiger partial charge on any atom is -0.487 e. The molecule has 0 bridgehead atoms. The zero-order valence-electron chi connectivity index (χ0n) is 22.9. The van der Waals surface area contributed by atoms with E-state index in [1.807, 2.05) is 35.9 Å². The van der Waals surface area contributed by atoms with Crippen molar-refractivity contribution in [3.63, 3.8) is 0 Å². The number of halogens is 2. The second-order valence-corrected chi connectivity index (χ2v) is 12.9. The Morgan fingerprint density at radius 1 is 1.14 bits per heavy atom. The number of aryl methyl sites for hydroxylation is 1. The number of aromatic nitrogens is 3. The van der Waals surface area contributed by atoms with Crippen LogP contribution in [0.25, 0.3) is 16.6 Å². The van der Waals surface area contributed by atoms with Crippen molar-refractivity contribution in [3.8, 4) is 11.4 Å². The van der Waals surface area contributed by atoms with E-state index in [0.717, 1.165) is 16.8 Å². The summed E-state index contributed by atoms with van der Waals surface area (Å²) in [5, 5.41) is 1.09. The van der Waals surface area contributed by atoms with Gasteiger partial charge in [-0.2, -0.15) is 4.31 Å². The Hall–Kier alpha value is -3.22. The average molecular weight is 631 g/mol. The summed E-state index contributed by atoms with van der Waals surface area (Å²) >= 11 is 13.3. The molecule has 4 aromatic rings. The van der Waals surface area contributed by atoms with Gasteiger partial charge < -0.3 is 18.9 Å². The number of imidazole rings is 1. The van der Waals surface area contributed by atoms with Gasteiger partial charge in [0.2, 0.25) is 15.9 Å². The molecule has 2 saturated heterocycles. The zero-order chi connectivity index (χ0) is 29.4. The first-order valence-electron chi connectivity index (χ1n) is 13.6. The Labute approximate surface area is 253 Å². The summed E-state index contributed by atoms with van der Waals surface area (Å²) in [6.45, 7) is 3.80. The van der Waals surface area contributed by atoms with E-state index in [-0.39, 0.29) is 34.0 Å². The molecule has 0 N–H and O–H groups in total. The highest BCUT2D eigenvalue weighted by molar-refractivity contribution is 7.89. The van der Waals surface area contributed by atoms with E-state index >= 15 is 0 Å². The number of benzene rings is 2. The highest BCUT2D eigenvalue weighted by Crippen LogP contribution is 2.37. The molecule has 13 heteroatoms. The van der Waals surface area contributed by atoms with Gasteiger partial charge in [-0.05, 0) is 44.0 Å². The van der Waals surface area contributed by atoms with Gasteiger partial charge >= 0.3 is 0 Å². The van der Waals surface area contributed by atoms with Crippen LogP contribution in [0.15, 0.2) is 60.0 Å². The lowest BCUT2D eigenvalue weighted by Gasteiger charge is -2.32. The molecular formula is C29H29Cl2N5O5S. The van der Waals surface area contributed by atoms with Gasteiger partial charge in [-0.15, -0.1) is 0 Å². The van der Waals surface area contributed by atoms with E-state index in [0.29, 0.717) is 56.0 Å². The molecule has 10 nitrogen and oxygen atoms in total. The smallest absolute Gasteiger partial charge is 0.245 e. The van der Waals surface area contributed by atoms with Crippen LogP contribution in [0.5, 0.6) is 5.75 Å². The van der Waals surface area contributed by atoms with Gasteiger partial charge in [0.25, 0.3) is 0 Å². The number of nitrogens with zero attached hydrogens (tertiary/aromatic N) is 5. The number of morpholine rings is 1. The molecule has 2 aromatic carbocycles. The molecule has 1 amide bonds. The van der Waals surface area contributed by atoms with Crippen LogP contribution in [0, 0.1) is 6.92 Å². The monoisotopic (exact) mass is 629 g/mol. The summed E-state index contributed by atoms with van der Waals surface area (Å²) in [5.74, 6) is 0.288. The molecule has 0 saturated carbocycles. The van der Waals surface area contributed by atoms with Gasteiger partial charge in [0, 0.05) is 53.7 Å². The fraction of sp³-hybridized carbons (Fsp3) is 0.345. The fourth-order valence-electron chi connectivity index (χ4n) is 5.51. The lowest BCUT2D eigenvalue weighted by atomic mass is 10.1. The maximum Gasteiger partial charge on any atom is 0.245 e. The minimum atomic E-state index is -4.11. The number of hydrogen-bond donors (Lipinski definition) is 0. The van der Waals surface area contributed by atoms with Crippen LogP contribution in [0.1, 0.15) is 24.1 Å². The third kappa shape index (κ3) is 5.35. The first-order valence-corrected chi connectivity index (χ1v) is 15.8. The van der Waals surface area contributed by atoms with Crippen LogP contribution in [0.2, 0.25) is 10.0 Å². The number of amides is 1. The molecule has 2 fully saturated rings. The Morgan fingerprint density at radius 3 is 2.71 bits per heavy atom. The van der Waals surface area contributed by atoms with Crippen LogP contribution in [-0.2, 0) is 26.2 Å². The molecule has 6 rings (SSSR count). The molecule has 0 spiro atoms. The summed E-state index contributed by atoms with van der Waals surface area (Å²) < 4.78 is 42.5. The van der Waals surface area contributed by atoms with Gasteiger partial charge in [-0.1, -0.05) is 35.3 Å². The van der Waals surface area contributed by atoms with Gasteiger partial charge in [0.15, 0.2) is 0 Å². The van der Waals surface area contributed by atoms with Crippen LogP contribution in [-0.4, -0.2) is 77.0 Å². The number of carbonyl (C=O) groups excluding carboxylic acids is 1. The topological polar surface area (TPSA) is 107 Å². The summed E-state index contributed by atoms with van der Waals surface area (Å²) in [6.07, 6.45) is 6.30. The predicted octanol–water partition coefficient (Wildman–Crippen LogP) is 4.63. The molecule has 220 valence electrons. The third-order valence-electron chi connectivity index (χ3n) is 7.61. The van der Waals surface area contributed by atoms with Crippen molar-refractivity contribution < 1.29 is 22.7 Å². The van der Waals surface area contributed by atoms with Crippen molar-refractivity contribution in [2.75, 3.05) is 32.8 Å². The minimum absolute atomic E-state index is 0.0320. The Morgan fingerprint density at radius 2 is 1.95 bits per heavy atom. The molecule has 0 unspecified atom stereocenters. The second-order valence-electron chi connectivity index (χ2n) is 10.2. The molecule has 42 heavy (non-hydrogen) atoms. The van der Waals surface area contributed by atoms with Crippen LogP contribution < -0.4 is 4.74 Å². The Bertz CT molecular complexity index is 1740. The lowest BCUT2D eigenvalue weighted by Crippen LogP contribution is -2.51. The maximum atomic E-state index is 13.9. The summed E-state index contributed by atoms with van der Waals surface area (Å²) in [7, 11) is -4.11. The molecule has 2 aromatic heterocycles. The molecule has 4 heterocycles. The molecular weight excluding hydrogens is 601 g/mol.